The smallest absolute Gasteiger partial charge is 0.233 e. The number of halogens is 1. The van der Waals surface area contributed by atoms with Gasteiger partial charge in [0.2, 0.25) is 5.91 Å². The van der Waals surface area contributed by atoms with Crippen LogP contribution in [0.25, 0.3) is 0 Å². The minimum atomic E-state index is -0.0502. The third kappa shape index (κ3) is 8.03. The summed E-state index contributed by atoms with van der Waals surface area (Å²) in [4.78, 5) is 13.3. The van der Waals surface area contributed by atoms with Gasteiger partial charge in [0.15, 0.2) is 0 Å². The first-order valence-electron chi connectivity index (χ1n) is 7.15. The fourth-order valence-corrected chi connectivity index (χ4v) is 3.57. The highest BCUT2D eigenvalue weighted by molar-refractivity contribution is 8.00. The van der Waals surface area contributed by atoms with Crippen LogP contribution < -0.4 is 5.32 Å². The van der Waals surface area contributed by atoms with Crippen LogP contribution in [0, 0.1) is 0 Å². The lowest BCUT2D eigenvalue weighted by molar-refractivity contribution is -0.120. The van der Waals surface area contributed by atoms with Crippen molar-refractivity contribution in [1.29, 1.82) is 0 Å². The van der Waals surface area contributed by atoms with Crippen LogP contribution in [0.15, 0.2) is 29.2 Å². The Morgan fingerprint density at radius 3 is 2.43 bits per heavy atom. The highest BCUT2D eigenvalue weighted by Gasteiger charge is 2.18. The molecule has 1 N–H and O–H groups in total. The van der Waals surface area contributed by atoms with Crippen molar-refractivity contribution in [2.75, 3.05) is 12.3 Å². The second-order valence-electron chi connectivity index (χ2n) is 5.72. The lowest BCUT2D eigenvalue weighted by atomic mass is 10.3. The van der Waals surface area contributed by atoms with E-state index < -0.39 is 0 Å². The summed E-state index contributed by atoms with van der Waals surface area (Å²) in [6.45, 7) is 9.32. The molecule has 1 rings (SSSR count). The quantitative estimate of drug-likeness (QED) is 0.565. The zero-order chi connectivity index (χ0) is 15.9. The van der Waals surface area contributed by atoms with Gasteiger partial charge in [0, 0.05) is 27.0 Å². The molecule has 0 aromatic heterocycles. The largest absolute Gasteiger partial charge is 0.354 e. The Morgan fingerprint density at radius 1 is 1.29 bits per heavy atom. The monoisotopic (exact) mass is 345 g/mol. The first kappa shape index (κ1) is 18.7. The van der Waals surface area contributed by atoms with Gasteiger partial charge in [-0.25, -0.2) is 0 Å². The third-order valence-electron chi connectivity index (χ3n) is 2.69. The summed E-state index contributed by atoms with van der Waals surface area (Å²) in [7, 11) is 0. The van der Waals surface area contributed by atoms with Gasteiger partial charge in [-0.15, -0.1) is 11.8 Å². The summed E-state index contributed by atoms with van der Waals surface area (Å²) in [6, 6.07) is 7.62. The summed E-state index contributed by atoms with van der Waals surface area (Å²) < 4.78 is 0.243. The third-order valence-corrected chi connectivity index (χ3v) is 5.59. The van der Waals surface area contributed by atoms with Crippen LogP contribution in [-0.4, -0.2) is 28.2 Å². The molecule has 21 heavy (non-hydrogen) atoms. The van der Waals surface area contributed by atoms with E-state index in [1.165, 1.54) is 0 Å². The molecule has 0 aliphatic heterocycles. The van der Waals surface area contributed by atoms with E-state index in [-0.39, 0.29) is 15.9 Å². The number of rotatable bonds is 7. The predicted molar refractivity (Wildman–Crippen MR) is 96.6 cm³/mol. The molecule has 1 aromatic rings. The number of hydrogen-bond donors (Lipinski definition) is 1. The Bertz CT molecular complexity index is 443. The highest BCUT2D eigenvalue weighted by atomic mass is 35.5. The van der Waals surface area contributed by atoms with Crippen molar-refractivity contribution < 1.29 is 4.79 Å². The molecule has 5 heteroatoms. The molecule has 118 valence electrons. The average molecular weight is 346 g/mol. The number of amides is 1. The molecule has 0 fully saturated rings. The Morgan fingerprint density at radius 2 is 1.90 bits per heavy atom. The van der Waals surface area contributed by atoms with Gasteiger partial charge < -0.3 is 5.32 Å². The maximum absolute atomic E-state index is 12.2. The molecule has 1 atom stereocenters. The zero-order valence-electron chi connectivity index (χ0n) is 13.1. The van der Waals surface area contributed by atoms with Crippen LogP contribution in [0.5, 0.6) is 0 Å². The van der Waals surface area contributed by atoms with E-state index in [2.05, 4.69) is 26.1 Å². The molecule has 0 bridgehead atoms. The van der Waals surface area contributed by atoms with Gasteiger partial charge in [-0.2, -0.15) is 11.8 Å². The molecule has 0 unspecified atom stereocenters. The van der Waals surface area contributed by atoms with E-state index >= 15 is 0 Å². The standard InChI is InChI=1S/C16H24ClNOS2/c1-5-14(21-13-8-6-12(17)7-9-13)15(19)18-10-11-20-16(2,3)4/h6-9,14H,5,10-11H2,1-4H3,(H,18,19)/t14-/m1/s1. The molecular weight excluding hydrogens is 322 g/mol. The normalized spacial score (nSPS) is 13.0. The molecule has 0 radical (unpaired) electrons. The Hall–Kier alpha value is -0.320. The average Bonchev–Trinajstić information content (AvgIpc) is 2.41. The zero-order valence-corrected chi connectivity index (χ0v) is 15.5. The second-order valence-corrected chi connectivity index (χ2v) is 9.35. The summed E-state index contributed by atoms with van der Waals surface area (Å²) in [5, 5.41) is 3.70. The van der Waals surface area contributed by atoms with Crippen molar-refractivity contribution in [3.05, 3.63) is 29.3 Å². The minimum absolute atomic E-state index is 0.0502. The number of benzene rings is 1. The summed E-state index contributed by atoms with van der Waals surface area (Å²) >= 11 is 9.33. The maximum Gasteiger partial charge on any atom is 0.233 e. The molecule has 0 aliphatic rings. The van der Waals surface area contributed by atoms with Gasteiger partial charge >= 0.3 is 0 Å². The fraction of sp³-hybridized carbons (Fsp3) is 0.562. The van der Waals surface area contributed by atoms with Crippen LogP contribution >= 0.6 is 35.1 Å². The van der Waals surface area contributed by atoms with E-state index in [0.29, 0.717) is 0 Å². The van der Waals surface area contributed by atoms with Gasteiger partial charge in [0.25, 0.3) is 0 Å². The summed E-state index contributed by atoms with van der Waals surface area (Å²) in [5.74, 6) is 1.06. The first-order valence-corrected chi connectivity index (χ1v) is 9.40. The van der Waals surface area contributed by atoms with E-state index in [0.717, 1.165) is 28.6 Å². The topological polar surface area (TPSA) is 29.1 Å². The molecule has 0 heterocycles. The van der Waals surface area contributed by atoms with Crippen LogP contribution in [-0.2, 0) is 4.79 Å². The summed E-state index contributed by atoms with van der Waals surface area (Å²) in [5.41, 5.74) is 0. The van der Waals surface area contributed by atoms with Gasteiger partial charge in [0.05, 0.1) is 5.25 Å². The molecule has 0 saturated heterocycles. The predicted octanol–water partition coefficient (Wildman–Crippen LogP) is 4.86. The van der Waals surface area contributed by atoms with E-state index in [9.17, 15) is 4.79 Å². The Balaban J connectivity index is 2.41. The molecular formula is C16H24ClNOS2. The van der Waals surface area contributed by atoms with Crippen LogP contribution in [0.2, 0.25) is 5.02 Å². The minimum Gasteiger partial charge on any atom is -0.354 e. The Labute approximate surface area is 141 Å². The van der Waals surface area contributed by atoms with Crippen molar-refractivity contribution in [3.8, 4) is 0 Å². The first-order chi connectivity index (χ1) is 9.81. The molecule has 0 saturated carbocycles. The van der Waals surface area contributed by atoms with Crippen LogP contribution in [0.3, 0.4) is 0 Å². The van der Waals surface area contributed by atoms with Crippen molar-refractivity contribution in [3.63, 3.8) is 0 Å². The second kappa shape index (κ2) is 8.96. The van der Waals surface area contributed by atoms with Crippen LogP contribution in [0.1, 0.15) is 34.1 Å². The lowest BCUT2D eigenvalue weighted by Crippen LogP contribution is -2.34. The lowest BCUT2D eigenvalue weighted by Gasteiger charge is -2.18. The molecule has 0 spiro atoms. The molecule has 2 nitrogen and oxygen atoms in total. The van der Waals surface area contributed by atoms with Gasteiger partial charge in [-0.05, 0) is 30.7 Å². The van der Waals surface area contributed by atoms with E-state index in [4.69, 9.17) is 11.6 Å². The molecule has 1 amide bonds. The van der Waals surface area contributed by atoms with Crippen molar-refractivity contribution in [1.82, 2.24) is 5.32 Å². The molecule has 0 aliphatic carbocycles. The fourth-order valence-electron chi connectivity index (χ4n) is 1.64. The van der Waals surface area contributed by atoms with Gasteiger partial charge in [-0.3, -0.25) is 4.79 Å². The maximum atomic E-state index is 12.2. The van der Waals surface area contributed by atoms with E-state index in [1.54, 1.807) is 11.8 Å². The van der Waals surface area contributed by atoms with Crippen molar-refractivity contribution in [2.45, 2.75) is 49.0 Å². The molecule has 1 aromatic carbocycles. The number of thioether (sulfide) groups is 2. The number of carbonyl (C=O) groups is 1. The highest BCUT2D eigenvalue weighted by Crippen LogP contribution is 2.27. The van der Waals surface area contributed by atoms with Crippen molar-refractivity contribution in [2.24, 2.45) is 0 Å². The number of hydrogen-bond acceptors (Lipinski definition) is 3. The van der Waals surface area contributed by atoms with Gasteiger partial charge in [0.1, 0.15) is 0 Å². The van der Waals surface area contributed by atoms with Crippen LogP contribution in [0.4, 0.5) is 0 Å². The SMILES string of the molecule is CC[C@@H](Sc1ccc(Cl)cc1)C(=O)NCCSC(C)(C)C. The Kier molecular flexibility index (Phi) is 7.99. The summed E-state index contributed by atoms with van der Waals surface area (Å²) in [6.07, 6.45) is 0.811. The number of nitrogens with one attached hydrogen (secondary N) is 1. The number of carbonyl (C=O) groups excluding carboxylic acids is 1. The van der Waals surface area contributed by atoms with Gasteiger partial charge in [-0.1, -0.05) is 39.3 Å². The van der Waals surface area contributed by atoms with E-state index in [1.807, 2.05) is 43.0 Å². The van der Waals surface area contributed by atoms with Crippen molar-refractivity contribution >= 4 is 41.0 Å².